The topological polar surface area (TPSA) is 58.2 Å². The Labute approximate surface area is 174 Å². The molecule has 2 amide bonds. The number of halogens is 2. The molecule has 3 aromatic rings. The summed E-state index contributed by atoms with van der Waals surface area (Å²) in [5.41, 5.74) is 1.81. The van der Waals surface area contributed by atoms with E-state index in [9.17, 15) is 14.0 Å². The van der Waals surface area contributed by atoms with Crippen LogP contribution in [0.2, 0.25) is 0 Å². The highest BCUT2D eigenvalue weighted by atomic mass is 79.9. The number of anilines is 1. The zero-order chi connectivity index (χ0) is 19.9. The standard InChI is InChI=1S/C21H16BrFN2O2S/c22-19-10-8-18(28-19)9-11-20(26)24-13-14-2-1-3-17(12-14)25-21(27)15-4-6-16(23)7-5-15/h1-12H,13H2,(H,24,26)(H,25,27). The van der Waals surface area contributed by atoms with Crippen molar-refractivity contribution in [3.05, 3.63) is 92.3 Å². The monoisotopic (exact) mass is 458 g/mol. The van der Waals surface area contributed by atoms with Crippen molar-refractivity contribution in [2.24, 2.45) is 0 Å². The Bertz CT molecular complexity index is 1020. The molecule has 2 aromatic carbocycles. The van der Waals surface area contributed by atoms with E-state index in [-0.39, 0.29) is 11.8 Å². The molecule has 0 radical (unpaired) electrons. The van der Waals surface area contributed by atoms with E-state index < -0.39 is 5.82 Å². The third kappa shape index (κ3) is 5.87. The fourth-order valence-electron chi connectivity index (χ4n) is 2.39. The third-order valence-electron chi connectivity index (χ3n) is 3.75. The molecule has 28 heavy (non-hydrogen) atoms. The first-order chi connectivity index (χ1) is 13.5. The highest BCUT2D eigenvalue weighted by Gasteiger charge is 2.07. The Morgan fingerprint density at radius 3 is 2.57 bits per heavy atom. The highest BCUT2D eigenvalue weighted by molar-refractivity contribution is 9.11. The predicted molar refractivity (Wildman–Crippen MR) is 114 cm³/mol. The molecule has 0 bridgehead atoms. The molecular weight excluding hydrogens is 443 g/mol. The zero-order valence-corrected chi connectivity index (χ0v) is 17.0. The molecule has 142 valence electrons. The minimum atomic E-state index is -0.393. The van der Waals surface area contributed by atoms with E-state index in [0.29, 0.717) is 17.8 Å². The summed E-state index contributed by atoms with van der Waals surface area (Å²) in [5, 5.41) is 5.57. The molecule has 0 unspecified atom stereocenters. The van der Waals surface area contributed by atoms with E-state index in [1.807, 2.05) is 18.2 Å². The smallest absolute Gasteiger partial charge is 0.255 e. The maximum absolute atomic E-state index is 13.0. The number of carbonyl (C=O) groups excluding carboxylic acids is 2. The number of carbonyl (C=O) groups is 2. The first kappa shape index (κ1) is 20.0. The Morgan fingerprint density at radius 1 is 1.07 bits per heavy atom. The van der Waals surface area contributed by atoms with Gasteiger partial charge >= 0.3 is 0 Å². The van der Waals surface area contributed by atoms with Crippen molar-refractivity contribution in [3.63, 3.8) is 0 Å². The van der Waals surface area contributed by atoms with Crippen molar-refractivity contribution >= 4 is 50.8 Å². The van der Waals surface area contributed by atoms with Crippen LogP contribution in [0.1, 0.15) is 20.8 Å². The summed E-state index contributed by atoms with van der Waals surface area (Å²) in [6.45, 7) is 0.331. The van der Waals surface area contributed by atoms with E-state index in [0.717, 1.165) is 14.2 Å². The van der Waals surface area contributed by atoms with Gasteiger partial charge in [-0.05, 0) is 76.1 Å². The van der Waals surface area contributed by atoms with Gasteiger partial charge in [0.15, 0.2) is 0 Å². The summed E-state index contributed by atoms with van der Waals surface area (Å²) in [6.07, 6.45) is 3.24. The van der Waals surface area contributed by atoms with Gasteiger partial charge in [-0.2, -0.15) is 0 Å². The van der Waals surface area contributed by atoms with Crippen molar-refractivity contribution < 1.29 is 14.0 Å². The van der Waals surface area contributed by atoms with E-state index in [1.54, 1.807) is 24.3 Å². The first-order valence-corrected chi connectivity index (χ1v) is 9.98. The highest BCUT2D eigenvalue weighted by Crippen LogP contribution is 2.22. The predicted octanol–water partition coefficient (Wildman–Crippen LogP) is 5.23. The average Bonchev–Trinajstić information content (AvgIpc) is 3.11. The minimum absolute atomic E-state index is 0.203. The van der Waals surface area contributed by atoms with Gasteiger partial charge in [0.05, 0.1) is 3.79 Å². The van der Waals surface area contributed by atoms with Gasteiger partial charge in [-0.15, -0.1) is 11.3 Å². The largest absolute Gasteiger partial charge is 0.348 e. The molecule has 3 rings (SSSR count). The van der Waals surface area contributed by atoms with Gasteiger partial charge in [0.2, 0.25) is 5.91 Å². The van der Waals surface area contributed by atoms with Gasteiger partial charge < -0.3 is 10.6 Å². The Morgan fingerprint density at radius 2 is 1.86 bits per heavy atom. The molecule has 2 N–H and O–H groups in total. The third-order valence-corrected chi connectivity index (χ3v) is 5.34. The van der Waals surface area contributed by atoms with Crippen LogP contribution in [0.5, 0.6) is 0 Å². The molecule has 0 atom stereocenters. The molecule has 0 spiro atoms. The average molecular weight is 459 g/mol. The van der Waals surface area contributed by atoms with Gasteiger partial charge in [0, 0.05) is 28.7 Å². The summed E-state index contributed by atoms with van der Waals surface area (Å²) in [5.74, 6) is -0.924. The van der Waals surface area contributed by atoms with E-state index in [4.69, 9.17) is 0 Å². The maximum Gasteiger partial charge on any atom is 0.255 e. The van der Waals surface area contributed by atoms with Crippen LogP contribution in [-0.4, -0.2) is 11.8 Å². The van der Waals surface area contributed by atoms with Crippen molar-refractivity contribution in [2.45, 2.75) is 6.54 Å². The summed E-state index contributed by atoms with van der Waals surface area (Å²) < 4.78 is 14.0. The van der Waals surface area contributed by atoms with Crippen molar-refractivity contribution in [3.8, 4) is 0 Å². The maximum atomic E-state index is 13.0. The fraction of sp³-hybridized carbons (Fsp3) is 0.0476. The van der Waals surface area contributed by atoms with Crippen LogP contribution >= 0.6 is 27.3 Å². The van der Waals surface area contributed by atoms with Crippen LogP contribution in [0.15, 0.2) is 70.5 Å². The van der Waals surface area contributed by atoms with Gasteiger partial charge in [0.1, 0.15) is 5.82 Å². The second-order valence-corrected chi connectivity index (χ2v) is 8.35. The lowest BCUT2D eigenvalue weighted by molar-refractivity contribution is -0.116. The van der Waals surface area contributed by atoms with Gasteiger partial charge in [0.25, 0.3) is 5.91 Å². The summed E-state index contributed by atoms with van der Waals surface area (Å²) in [7, 11) is 0. The molecule has 0 aliphatic heterocycles. The summed E-state index contributed by atoms with van der Waals surface area (Å²) in [4.78, 5) is 25.2. The number of hydrogen-bond donors (Lipinski definition) is 2. The molecule has 0 saturated carbocycles. The summed E-state index contributed by atoms with van der Waals surface area (Å²) >= 11 is 4.92. The molecule has 1 heterocycles. The molecular formula is C21H16BrFN2O2S. The normalized spacial score (nSPS) is 10.8. The first-order valence-electron chi connectivity index (χ1n) is 8.37. The van der Waals surface area contributed by atoms with Crippen LogP contribution < -0.4 is 10.6 Å². The molecule has 0 aliphatic carbocycles. The number of rotatable bonds is 6. The van der Waals surface area contributed by atoms with Crippen molar-refractivity contribution in [1.82, 2.24) is 5.32 Å². The Kier molecular flexibility index (Phi) is 6.73. The van der Waals surface area contributed by atoms with Crippen molar-refractivity contribution in [2.75, 3.05) is 5.32 Å². The van der Waals surface area contributed by atoms with Gasteiger partial charge in [-0.3, -0.25) is 9.59 Å². The van der Waals surface area contributed by atoms with Gasteiger partial charge in [-0.25, -0.2) is 4.39 Å². The zero-order valence-electron chi connectivity index (χ0n) is 14.6. The van der Waals surface area contributed by atoms with Crippen molar-refractivity contribution in [1.29, 1.82) is 0 Å². The van der Waals surface area contributed by atoms with E-state index in [1.165, 1.54) is 41.7 Å². The minimum Gasteiger partial charge on any atom is -0.348 e. The number of thiophene rings is 1. The lowest BCUT2D eigenvalue weighted by atomic mass is 10.1. The molecule has 1 aromatic heterocycles. The van der Waals surface area contributed by atoms with Crippen LogP contribution in [0, 0.1) is 5.82 Å². The molecule has 7 heteroatoms. The lowest BCUT2D eigenvalue weighted by Crippen LogP contribution is -2.20. The number of benzene rings is 2. The number of hydrogen-bond acceptors (Lipinski definition) is 3. The van der Waals surface area contributed by atoms with Crippen LogP contribution in [0.3, 0.4) is 0 Å². The second kappa shape index (κ2) is 9.43. The van der Waals surface area contributed by atoms with Gasteiger partial charge in [-0.1, -0.05) is 12.1 Å². The van der Waals surface area contributed by atoms with E-state index >= 15 is 0 Å². The number of nitrogens with one attached hydrogen (secondary N) is 2. The second-order valence-electron chi connectivity index (χ2n) is 5.85. The number of amides is 2. The quantitative estimate of drug-likeness (QED) is 0.496. The molecule has 4 nitrogen and oxygen atoms in total. The fourth-order valence-corrected chi connectivity index (χ4v) is 3.71. The lowest BCUT2D eigenvalue weighted by Gasteiger charge is -2.08. The summed E-state index contributed by atoms with van der Waals surface area (Å²) in [6, 6.07) is 16.4. The van der Waals surface area contributed by atoms with Crippen LogP contribution in [0.25, 0.3) is 6.08 Å². The molecule has 0 fully saturated rings. The SMILES string of the molecule is O=C(C=Cc1ccc(Br)s1)NCc1cccc(NC(=O)c2ccc(F)cc2)c1. The Hall–Kier alpha value is -2.77. The molecule has 0 saturated heterocycles. The van der Waals surface area contributed by atoms with E-state index in [2.05, 4.69) is 26.6 Å². The van der Waals surface area contributed by atoms with Crippen LogP contribution in [-0.2, 0) is 11.3 Å². The molecule has 0 aliphatic rings. The Balaban J connectivity index is 1.55. The van der Waals surface area contributed by atoms with Crippen LogP contribution in [0.4, 0.5) is 10.1 Å².